The summed E-state index contributed by atoms with van der Waals surface area (Å²) in [5.74, 6) is 0.426. The topological polar surface area (TPSA) is 15.3 Å². The number of benzene rings is 2. The van der Waals surface area contributed by atoms with Gasteiger partial charge in [-0.3, -0.25) is 0 Å². The molecule has 1 unspecified atom stereocenters. The zero-order chi connectivity index (χ0) is 14.5. The number of nitrogens with one attached hydrogen (secondary N) is 1. The molecule has 0 radical (unpaired) electrons. The van der Waals surface area contributed by atoms with E-state index in [1.807, 2.05) is 7.05 Å². The van der Waals surface area contributed by atoms with Crippen molar-refractivity contribution in [3.63, 3.8) is 0 Å². The summed E-state index contributed by atoms with van der Waals surface area (Å²) >= 11 is 0. The molecule has 0 aromatic heterocycles. The van der Waals surface area contributed by atoms with Crippen LogP contribution in [0, 0.1) is 0 Å². The minimum absolute atomic E-state index is 0.426. The Hall–Kier alpha value is -1.80. The van der Waals surface area contributed by atoms with Crippen LogP contribution in [0.25, 0.3) is 0 Å². The summed E-state index contributed by atoms with van der Waals surface area (Å²) in [7, 11) is 6.11. The van der Waals surface area contributed by atoms with Gasteiger partial charge in [0.1, 0.15) is 0 Å². The molecule has 0 aliphatic rings. The maximum absolute atomic E-state index is 3.18. The molecule has 2 rings (SSSR count). The fraction of sp³-hybridized carbons (Fsp3) is 0.333. The molecule has 1 atom stereocenters. The summed E-state index contributed by atoms with van der Waals surface area (Å²) in [6.45, 7) is 3.18. The van der Waals surface area contributed by atoms with E-state index in [0.29, 0.717) is 5.92 Å². The second-order valence-corrected chi connectivity index (χ2v) is 5.48. The van der Waals surface area contributed by atoms with Crippen LogP contribution in [0.4, 0.5) is 5.69 Å². The van der Waals surface area contributed by atoms with Crippen LogP contribution in [0.1, 0.15) is 29.5 Å². The molecule has 0 heterocycles. The normalized spacial score (nSPS) is 12.2. The molecule has 0 saturated carbocycles. The molecule has 0 fully saturated rings. The number of rotatable bonds is 5. The van der Waals surface area contributed by atoms with Crippen molar-refractivity contribution in [3.05, 3.63) is 65.2 Å². The number of anilines is 1. The van der Waals surface area contributed by atoms with Crippen molar-refractivity contribution in [3.8, 4) is 0 Å². The molecular weight excluding hydrogens is 244 g/mol. The Morgan fingerprint density at radius 2 is 1.40 bits per heavy atom. The largest absolute Gasteiger partial charge is 0.378 e. The van der Waals surface area contributed by atoms with Gasteiger partial charge in [0.2, 0.25) is 0 Å². The first-order valence-corrected chi connectivity index (χ1v) is 7.12. The standard InChI is InChI=1S/C18H24N2/c1-14(16-7-5-15(6-8-16)13-19-2)17-9-11-18(12-10-17)20(3)4/h5-12,14,19H,13H2,1-4H3. The van der Waals surface area contributed by atoms with Crippen molar-refractivity contribution in [2.45, 2.75) is 19.4 Å². The quantitative estimate of drug-likeness (QED) is 0.891. The van der Waals surface area contributed by atoms with Crippen LogP contribution in [-0.2, 0) is 6.54 Å². The van der Waals surface area contributed by atoms with Crippen molar-refractivity contribution < 1.29 is 0 Å². The van der Waals surface area contributed by atoms with Crippen molar-refractivity contribution in [2.24, 2.45) is 0 Å². The van der Waals surface area contributed by atoms with Crippen molar-refractivity contribution in [1.82, 2.24) is 5.32 Å². The van der Waals surface area contributed by atoms with E-state index in [9.17, 15) is 0 Å². The summed E-state index contributed by atoms with van der Waals surface area (Å²) in [4.78, 5) is 2.13. The smallest absolute Gasteiger partial charge is 0.0361 e. The van der Waals surface area contributed by atoms with E-state index in [4.69, 9.17) is 0 Å². The third-order valence-corrected chi connectivity index (χ3v) is 3.77. The molecule has 2 aromatic rings. The summed E-state index contributed by atoms with van der Waals surface area (Å²) in [6, 6.07) is 17.7. The van der Waals surface area contributed by atoms with E-state index in [-0.39, 0.29) is 0 Å². The van der Waals surface area contributed by atoms with Gasteiger partial charge in [-0.15, -0.1) is 0 Å². The van der Waals surface area contributed by atoms with Gasteiger partial charge in [-0.1, -0.05) is 43.3 Å². The maximum Gasteiger partial charge on any atom is 0.0361 e. The van der Waals surface area contributed by atoms with Gasteiger partial charge in [0.25, 0.3) is 0 Å². The molecule has 2 aromatic carbocycles. The Balaban J connectivity index is 2.15. The molecular formula is C18H24N2. The zero-order valence-corrected chi connectivity index (χ0v) is 12.9. The number of hydrogen-bond acceptors (Lipinski definition) is 2. The number of nitrogens with zero attached hydrogens (tertiary/aromatic N) is 1. The highest BCUT2D eigenvalue weighted by atomic mass is 15.1. The monoisotopic (exact) mass is 268 g/mol. The van der Waals surface area contributed by atoms with Gasteiger partial charge in [-0.25, -0.2) is 0 Å². The van der Waals surface area contributed by atoms with Gasteiger partial charge in [0.15, 0.2) is 0 Å². The van der Waals surface area contributed by atoms with Gasteiger partial charge in [-0.05, 0) is 35.9 Å². The average molecular weight is 268 g/mol. The Labute approximate surface area is 122 Å². The molecule has 0 bridgehead atoms. The first-order valence-electron chi connectivity index (χ1n) is 7.12. The van der Waals surface area contributed by atoms with Crippen LogP contribution in [0.5, 0.6) is 0 Å². The van der Waals surface area contributed by atoms with E-state index in [0.717, 1.165) is 6.54 Å². The molecule has 0 amide bonds. The minimum Gasteiger partial charge on any atom is -0.378 e. The van der Waals surface area contributed by atoms with Gasteiger partial charge in [-0.2, -0.15) is 0 Å². The predicted molar refractivity (Wildman–Crippen MR) is 87.5 cm³/mol. The van der Waals surface area contributed by atoms with Crippen LogP contribution < -0.4 is 10.2 Å². The van der Waals surface area contributed by atoms with Gasteiger partial charge >= 0.3 is 0 Å². The van der Waals surface area contributed by atoms with Crippen LogP contribution in [0.3, 0.4) is 0 Å². The van der Waals surface area contributed by atoms with Crippen LogP contribution in [-0.4, -0.2) is 21.1 Å². The fourth-order valence-corrected chi connectivity index (χ4v) is 2.38. The van der Waals surface area contributed by atoms with Gasteiger partial charge < -0.3 is 10.2 Å². The van der Waals surface area contributed by atoms with E-state index in [1.165, 1.54) is 22.4 Å². The van der Waals surface area contributed by atoms with Crippen molar-refractivity contribution in [2.75, 3.05) is 26.0 Å². The van der Waals surface area contributed by atoms with Crippen molar-refractivity contribution >= 4 is 5.69 Å². The molecule has 0 saturated heterocycles. The first kappa shape index (κ1) is 14.6. The molecule has 0 spiro atoms. The summed E-state index contributed by atoms with van der Waals surface area (Å²) < 4.78 is 0. The van der Waals surface area contributed by atoms with E-state index in [1.54, 1.807) is 0 Å². The van der Waals surface area contributed by atoms with E-state index in [2.05, 4.69) is 79.8 Å². The Morgan fingerprint density at radius 3 is 1.85 bits per heavy atom. The molecule has 1 N–H and O–H groups in total. The summed E-state index contributed by atoms with van der Waals surface area (Å²) in [5.41, 5.74) is 5.29. The van der Waals surface area contributed by atoms with E-state index >= 15 is 0 Å². The maximum atomic E-state index is 3.18. The summed E-state index contributed by atoms with van der Waals surface area (Å²) in [5, 5.41) is 3.18. The molecule has 106 valence electrons. The minimum atomic E-state index is 0.426. The molecule has 2 heteroatoms. The number of hydrogen-bond donors (Lipinski definition) is 1. The lowest BCUT2D eigenvalue weighted by molar-refractivity contribution is 0.815. The lowest BCUT2D eigenvalue weighted by Gasteiger charge is -2.16. The fourth-order valence-electron chi connectivity index (χ4n) is 2.38. The average Bonchev–Trinajstić information content (AvgIpc) is 2.48. The molecule has 2 nitrogen and oxygen atoms in total. The Kier molecular flexibility index (Phi) is 4.80. The first-order chi connectivity index (χ1) is 9.61. The lowest BCUT2D eigenvalue weighted by Crippen LogP contribution is -2.08. The van der Waals surface area contributed by atoms with Crippen LogP contribution >= 0.6 is 0 Å². The highest BCUT2D eigenvalue weighted by Gasteiger charge is 2.08. The highest BCUT2D eigenvalue weighted by Crippen LogP contribution is 2.26. The Bertz CT molecular complexity index is 526. The second kappa shape index (κ2) is 6.58. The SMILES string of the molecule is CNCc1ccc(C(C)c2ccc(N(C)C)cc2)cc1. The van der Waals surface area contributed by atoms with Crippen molar-refractivity contribution in [1.29, 1.82) is 0 Å². The lowest BCUT2D eigenvalue weighted by atomic mass is 9.92. The Morgan fingerprint density at radius 1 is 0.900 bits per heavy atom. The van der Waals surface area contributed by atoms with Gasteiger partial charge in [0.05, 0.1) is 0 Å². The molecule has 0 aliphatic carbocycles. The third-order valence-electron chi connectivity index (χ3n) is 3.77. The predicted octanol–water partition coefficient (Wildman–Crippen LogP) is 3.62. The van der Waals surface area contributed by atoms with Crippen LogP contribution in [0.2, 0.25) is 0 Å². The van der Waals surface area contributed by atoms with E-state index < -0.39 is 0 Å². The van der Waals surface area contributed by atoms with Crippen LogP contribution in [0.15, 0.2) is 48.5 Å². The van der Waals surface area contributed by atoms with Gasteiger partial charge in [0, 0.05) is 32.2 Å². The zero-order valence-electron chi connectivity index (χ0n) is 12.9. The second-order valence-electron chi connectivity index (χ2n) is 5.48. The molecule has 20 heavy (non-hydrogen) atoms. The highest BCUT2D eigenvalue weighted by molar-refractivity contribution is 5.47. The summed E-state index contributed by atoms with van der Waals surface area (Å²) in [6.07, 6.45) is 0. The third kappa shape index (κ3) is 3.40. The molecule has 0 aliphatic heterocycles.